The van der Waals surface area contributed by atoms with Crippen molar-refractivity contribution in [3.63, 3.8) is 0 Å². The second-order valence-corrected chi connectivity index (χ2v) is 14.3. The average molecular weight is 672 g/mol. The molecular formula is C36H41N5O6S. The lowest BCUT2D eigenvalue weighted by atomic mass is 9.92. The van der Waals surface area contributed by atoms with Crippen LogP contribution in [0.1, 0.15) is 47.9 Å². The van der Waals surface area contributed by atoms with Crippen LogP contribution in [0.15, 0.2) is 73.1 Å². The maximum absolute atomic E-state index is 13.6. The molecule has 3 atom stereocenters. The van der Waals surface area contributed by atoms with Crippen LogP contribution in [-0.2, 0) is 21.5 Å². The van der Waals surface area contributed by atoms with Crippen molar-refractivity contribution in [1.29, 1.82) is 0 Å². The van der Waals surface area contributed by atoms with Gasteiger partial charge in [0.15, 0.2) is 0 Å². The number of nitrogens with zero attached hydrogens (tertiary/aromatic N) is 3. The Morgan fingerprint density at radius 2 is 1.88 bits per heavy atom. The van der Waals surface area contributed by atoms with Gasteiger partial charge in [-0.25, -0.2) is 4.79 Å². The number of fused-ring (bicyclic) bond motifs is 3. The Morgan fingerprint density at radius 1 is 1.08 bits per heavy atom. The van der Waals surface area contributed by atoms with Crippen LogP contribution in [0.25, 0.3) is 11.1 Å². The molecule has 11 nitrogen and oxygen atoms in total. The van der Waals surface area contributed by atoms with Crippen molar-refractivity contribution in [2.45, 2.75) is 46.1 Å². The molecule has 2 heterocycles. The van der Waals surface area contributed by atoms with Crippen LogP contribution in [-0.4, -0.2) is 60.1 Å². The van der Waals surface area contributed by atoms with Crippen LogP contribution in [0.2, 0.25) is 0 Å². The van der Waals surface area contributed by atoms with E-state index in [-0.39, 0.29) is 12.5 Å². The summed E-state index contributed by atoms with van der Waals surface area (Å²) in [5.41, 5.74) is 8.03. The standard InChI is InChI=1S/C36H41N5O6S/c1-23-8-4-13-32(24(23)2)47-16-7-14-33(42)41-22-30-25(3)34(30)35-29(11-6-12-31(35)41)27-19-38-40(21-27)20-26-9-5-10-28(18-26)39-36(43)37-15-17-48(44,45)46/h4-6,8-13,18-19,21,25,30,34H,7,14-17,20,22H2,1-3H3,(H2,37,39,43)(H,44,45,46)/t25-,30?,34?/m0/s1. The summed E-state index contributed by atoms with van der Waals surface area (Å²) in [6.07, 6.45) is 4.92. The molecule has 0 radical (unpaired) electrons. The van der Waals surface area contributed by atoms with Gasteiger partial charge in [0.1, 0.15) is 5.75 Å². The zero-order valence-corrected chi connectivity index (χ0v) is 28.2. The van der Waals surface area contributed by atoms with Gasteiger partial charge in [0.25, 0.3) is 10.1 Å². The van der Waals surface area contributed by atoms with Crippen molar-refractivity contribution in [3.05, 3.63) is 95.3 Å². The Morgan fingerprint density at radius 3 is 2.69 bits per heavy atom. The highest BCUT2D eigenvalue weighted by Crippen LogP contribution is 2.61. The molecule has 3 aromatic carbocycles. The van der Waals surface area contributed by atoms with E-state index in [4.69, 9.17) is 9.29 Å². The van der Waals surface area contributed by atoms with Gasteiger partial charge in [-0.3, -0.25) is 14.0 Å². The van der Waals surface area contributed by atoms with Crippen LogP contribution in [0.5, 0.6) is 5.75 Å². The van der Waals surface area contributed by atoms with Crippen molar-refractivity contribution in [3.8, 4) is 16.9 Å². The number of ether oxygens (including phenoxy) is 1. The first-order valence-corrected chi connectivity index (χ1v) is 17.8. The highest BCUT2D eigenvalue weighted by Gasteiger charge is 2.54. The van der Waals surface area contributed by atoms with E-state index in [9.17, 15) is 18.0 Å². The summed E-state index contributed by atoms with van der Waals surface area (Å²) in [6.45, 7) is 7.86. The molecule has 2 unspecified atom stereocenters. The molecule has 0 spiro atoms. The Hall–Kier alpha value is -4.68. The van der Waals surface area contributed by atoms with E-state index in [1.54, 1.807) is 6.07 Å². The van der Waals surface area contributed by atoms with Crippen LogP contribution >= 0.6 is 0 Å². The highest BCUT2D eigenvalue weighted by atomic mass is 32.2. The van der Waals surface area contributed by atoms with Crippen LogP contribution in [0.4, 0.5) is 16.2 Å². The molecule has 3 N–H and O–H groups in total. The molecule has 1 aromatic heterocycles. The lowest BCUT2D eigenvalue weighted by molar-refractivity contribution is -0.119. The van der Waals surface area contributed by atoms with E-state index in [1.165, 1.54) is 11.1 Å². The van der Waals surface area contributed by atoms with Gasteiger partial charge >= 0.3 is 6.03 Å². The number of anilines is 2. The lowest BCUT2D eigenvalue weighted by Crippen LogP contribution is -2.36. The predicted octanol–water partition coefficient (Wildman–Crippen LogP) is 5.78. The number of rotatable bonds is 12. The van der Waals surface area contributed by atoms with Crippen molar-refractivity contribution in [2.75, 3.05) is 35.7 Å². The summed E-state index contributed by atoms with van der Waals surface area (Å²) in [4.78, 5) is 27.7. The second kappa shape index (κ2) is 13.8. The van der Waals surface area contributed by atoms with Crippen LogP contribution in [0.3, 0.4) is 0 Å². The summed E-state index contributed by atoms with van der Waals surface area (Å²) in [5, 5.41) is 9.72. The minimum Gasteiger partial charge on any atom is -0.493 e. The maximum Gasteiger partial charge on any atom is 0.319 e. The summed E-state index contributed by atoms with van der Waals surface area (Å²) in [6, 6.07) is 18.9. The maximum atomic E-state index is 13.6. The molecule has 6 rings (SSSR count). The largest absolute Gasteiger partial charge is 0.493 e. The Balaban J connectivity index is 1.11. The van der Waals surface area contributed by atoms with Crippen molar-refractivity contribution >= 4 is 33.4 Å². The number of aromatic nitrogens is 2. The molecule has 1 fully saturated rings. The van der Waals surface area contributed by atoms with E-state index in [1.807, 2.05) is 58.4 Å². The third-order valence-electron chi connectivity index (χ3n) is 9.43. The smallest absolute Gasteiger partial charge is 0.319 e. The molecular weight excluding hydrogens is 630 g/mol. The molecule has 1 saturated carbocycles. The molecule has 1 aliphatic heterocycles. The SMILES string of the molecule is Cc1cccc(OCCCC(=O)N2CC3C(c4c(-c5cnn(Cc6cccc(NC(=O)NCCS(=O)(=O)O)c6)c5)cccc42)[C@H]3C)c1C. The number of benzene rings is 3. The normalized spacial score (nSPS) is 18.1. The molecule has 0 saturated heterocycles. The van der Waals surface area contributed by atoms with Crippen molar-refractivity contribution in [1.82, 2.24) is 15.1 Å². The minimum absolute atomic E-state index is 0.117. The first-order valence-electron chi connectivity index (χ1n) is 16.2. The van der Waals surface area contributed by atoms with E-state index in [0.29, 0.717) is 49.4 Å². The van der Waals surface area contributed by atoms with Crippen LogP contribution in [0, 0.1) is 25.7 Å². The monoisotopic (exact) mass is 671 g/mol. The van der Waals surface area contributed by atoms with Gasteiger partial charge in [-0.2, -0.15) is 13.5 Å². The summed E-state index contributed by atoms with van der Waals surface area (Å²) in [7, 11) is -4.16. The molecule has 4 aromatic rings. The van der Waals surface area contributed by atoms with E-state index >= 15 is 0 Å². The fraction of sp³-hybridized carbons (Fsp3) is 0.361. The van der Waals surface area contributed by atoms with Crippen molar-refractivity contribution < 1.29 is 27.3 Å². The number of nitrogens with one attached hydrogen (secondary N) is 2. The van der Waals surface area contributed by atoms with Crippen molar-refractivity contribution in [2.24, 2.45) is 11.8 Å². The summed E-state index contributed by atoms with van der Waals surface area (Å²) >= 11 is 0. The topological polar surface area (TPSA) is 143 Å². The summed E-state index contributed by atoms with van der Waals surface area (Å²) in [5.74, 6) is 1.75. The van der Waals surface area contributed by atoms with E-state index in [2.05, 4.69) is 54.7 Å². The zero-order valence-electron chi connectivity index (χ0n) is 27.3. The Labute approximate surface area is 281 Å². The summed E-state index contributed by atoms with van der Waals surface area (Å²) < 4.78 is 38.5. The number of amides is 3. The fourth-order valence-corrected chi connectivity index (χ4v) is 7.01. The Kier molecular flexibility index (Phi) is 9.56. The quantitative estimate of drug-likeness (QED) is 0.128. The molecule has 3 amide bonds. The molecule has 0 bridgehead atoms. The average Bonchev–Trinajstić information content (AvgIpc) is 3.46. The first kappa shape index (κ1) is 33.2. The second-order valence-electron chi connectivity index (χ2n) is 12.7. The first-order chi connectivity index (χ1) is 23.0. The van der Waals surface area contributed by atoms with Crippen LogP contribution < -0.4 is 20.3 Å². The van der Waals surface area contributed by atoms with Gasteiger partial charge in [0, 0.05) is 42.6 Å². The molecule has 12 heteroatoms. The van der Waals surface area contributed by atoms with Gasteiger partial charge < -0.3 is 20.3 Å². The number of hydrogen-bond acceptors (Lipinski definition) is 6. The van der Waals surface area contributed by atoms with Gasteiger partial charge in [-0.05, 0) is 90.1 Å². The third-order valence-corrected chi connectivity index (χ3v) is 10.2. The van der Waals surface area contributed by atoms with Gasteiger partial charge in [-0.15, -0.1) is 0 Å². The molecule has 48 heavy (non-hydrogen) atoms. The van der Waals surface area contributed by atoms with Gasteiger partial charge in [0.2, 0.25) is 5.91 Å². The predicted molar refractivity (Wildman–Crippen MR) is 185 cm³/mol. The molecule has 252 valence electrons. The van der Waals surface area contributed by atoms with E-state index in [0.717, 1.165) is 40.2 Å². The number of carbonyl (C=O) groups excluding carboxylic acids is 2. The molecule has 1 aliphatic carbocycles. The fourth-order valence-electron chi connectivity index (χ4n) is 6.65. The zero-order chi connectivity index (χ0) is 34.0. The lowest BCUT2D eigenvalue weighted by Gasteiger charge is -2.30. The van der Waals surface area contributed by atoms with Gasteiger partial charge in [-0.1, -0.05) is 43.3 Å². The Bertz CT molecular complexity index is 1940. The number of aryl methyl sites for hydroxylation is 1. The number of urea groups is 1. The number of carbonyl (C=O) groups is 2. The van der Waals surface area contributed by atoms with Gasteiger partial charge in [0.05, 0.1) is 25.1 Å². The number of hydrogen-bond donors (Lipinski definition) is 3. The minimum atomic E-state index is -4.16. The van der Waals surface area contributed by atoms with E-state index < -0.39 is 21.9 Å². The third kappa shape index (κ3) is 7.55. The highest BCUT2D eigenvalue weighted by molar-refractivity contribution is 7.85. The molecule has 2 aliphatic rings.